The minimum atomic E-state index is -0.487. The molecule has 0 N–H and O–H groups in total. The summed E-state index contributed by atoms with van der Waals surface area (Å²) in [5, 5.41) is 29.3. The van der Waals surface area contributed by atoms with Gasteiger partial charge in [-0.1, -0.05) is 62.3 Å². The molecule has 5 rings (SSSR count). The van der Waals surface area contributed by atoms with E-state index >= 15 is 0 Å². The lowest BCUT2D eigenvalue weighted by Crippen LogP contribution is -2.22. The zero-order valence-electron chi connectivity index (χ0n) is 30.4. The predicted octanol–water partition coefficient (Wildman–Crippen LogP) is 8.21. The number of methoxy groups -OCH3 is 1. The number of aromatic nitrogens is 2. The van der Waals surface area contributed by atoms with Crippen molar-refractivity contribution in [2.45, 2.75) is 74.1 Å². The maximum Gasteiger partial charge on any atom is 0.336 e. The molecule has 0 saturated heterocycles. The van der Waals surface area contributed by atoms with E-state index in [2.05, 4.69) is 14.9 Å². The lowest BCUT2D eigenvalue weighted by atomic mass is 9.86. The molecule has 5 aromatic rings. The fourth-order valence-electron chi connectivity index (χ4n) is 4.70. The normalized spacial score (nSPS) is 11.6. The minimum Gasteiger partial charge on any atom is -0.497 e. The van der Waals surface area contributed by atoms with Gasteiger partial charge in [0, 0.05) is 58.5 Å². The zero-order chi connectivity index (χ0) is 38.5. The molecular formula is C37H42N4O10. The molecule has 0 fully saturated rings. The summed E-state index contributed by atoms with van der Waals surface area (Å²) in [5.74, 6) is 0.678. The van der Waals surface area contributed by atoms with Crippen molar-refractivity contribution >= 4 is 44.9 Å². The van der Waals surface area contributed by atoms with Crippen molar-refractivity contribution in [3.05, 3.63) is 108 Å². The van der Waals surface area contributed by atoms with Crippen molar-refractivity contribution in [3.63, 3.8) is 0 Å². The van der Waals surface area contributed by atoms with Crippen molar-refractivity contribution in [2.75, 3.05) is 7.11 Å². The number of ketones is 2. The van der Waals surface area contributed by atoms with Gasteiger partial charge in [0.1, 0.15) is 22.6 Å². The first-order valence-electron chi connectivity index (χ1n) is 15.9. The number of carbonyl (C=O) groups excluding carboxylic acids is 2. The van der Waals surface area contributed by atoms with Crippen LogP contribution in [0.2, 0.25) is 0 Å². The van der Waals surface area contributed by atoms with E-state index in [1.54, 1.807) is 25.3 Å². The fraction of sp³-hybridized carbons (Fsp3) is 0.378. The van der Waals surface area contributed by atoms with E-state index in [9.17, 15) is 34.6 Å². The van der Waals surface area contributed by atoms with Gasteiger partial charge in [-0.05, 0) is 57.2 Å². The van der Waals surface area contributed by atoms with E-state index < -0.39 is 26.3 Å². The number of rotatable bonds is 6. The summed E-state index contributed by atoms with van der Waals surface area (Å²) in [4.78, 5) is 55.8. The highest BCUT2D eigenvalue weighted by molar-refractivity contribution is 6.00. The molecular weight excluding hydrogens is 660 g/mol. The van der Waals surface area contributed by atoms with E-state index in [0.717, 1.165) is 10.9 Å². The summed E-state index contributed by atoms with van der Waals surface area (Å²) < 4.78 is 14.9. The highest BCUT2D eigenvalue weighted by Crippen LogP contribution is 2.33. The quantitative estimate of drug-likeness (QED) is 0.0712. The monoisotopic (exact) mass is 702 g/mol. The highest BCUT2D eigenvalue weighted by Gasteiger charge is 2.26. The smallest absolute Gasteiger partial charge is 0.336 e. The second-order valence-corrected chi connectivity index (χ2v) is 14.8. The van der Waals surface area contributed by atoms with Gasteiger partial charge in [-0.2, -0.15) is 0 Å². The number of nitrogens with zero attached hydrogens (tertiary/aromatic N) is 4. The number of benzene rings is 3. The molecule has 0 radical (unpaired) electrons. The van der Waals surface area contributed by atoms with Gasteiger partial charge < -0.3 is 9.15 Å². The molecule has 3 aromatic carbocycles. The first-order valence-corrected chi connectivity index (χ1v) is 15.9. The topological polar surface area (TPSA) is 199 Å². The Balaban J connectivity index is 0.000000209. The van der Waals surface area contributed by atoms with Crippen LogP contribution in [0.3, 0.4) is 0 Å². The lowest BCUT2D eigenvalue weighted by molar-refractivity contribution is -0.384. The number of carbonyl (C=O) groups is 2. The van der Waals surface area contributed by atoms with Crippen molar-refractivity contribution < 1.29 is 33.2 Å². The van der Waals surface area contributed by atoms with Crippen LogP contribution in [-0.2, 0) is 16.6 Å². The number of hydrogen-bond acceptors (Lipinski definition) is 12. The van der Waals surface area contributed by atoms with Crippen LogP contribution in [-0.4, -0.2) is 38.8 Å². The average molecular weight is 703 g/mol. The molecule has 0 aliphatic carbocycles. The van der Waals surface area contributed by atoms with E-state index in [1.807, 2.05) is 68.4 Å². The van der Waals surface area contributed by atoms with Gasteiger partial charge in [-0.3, -0.25) is 29.8 Å². The molecule has 0 unspecified atom stereocenters. The second-order valence-electron chi connectivity index (χ2n) is 14.8. The second kappa shape index (κ2) is 15.4. The van der Waals surface area contributed by atoms with Crippen LogP contribution < -0.4 is 10.4 Å². The molecule has 0 bridgehead atoms. The summed E-state index contributed by atoms with van der Waals surface area (Å²) in [7, 11) is 1.55. The summed E-state index contributed by atoms with van der Waals surface area (Å²) in [5.41, 5.74) is 1.60. The third-order valence-corrected chi connectivity index (χ3v) is 7.65. The molecule has 2 heterocycles. The lowest BCUT2D eigenvalue weighted by Gasteiger charge is -2.18. The largest absolute Gasteiger partial charge is 0.497 e. The molecule has 0 aliphatic rings. The van der Waals surface area contributed by atoms with Crippen molar-refractivity contribution in [1.29, 1.82) is 0 Å². The van der Waals surface area contributed by atoms with Gasteiger partial charge in [-0.25, -0.2) is 9.42 Å². The summed E-state index contributed by atoms with van der Waals surface area (Å²) in [6.07, 6.45) is 0.220. The zero-order valence-corrected chi connectivity index (χ0v) is 30.4. The number of fused-ring (bicyclic) bond motifs is 2. The fourth-order valence-corrected chi connectivity index (χ4v) is 4.70. The van der Waals surface area contributed by atoms with Crippen LogP contribution in [0, 0.1) is 31.1 Å². The van der Waals surface area contributed by atoms with Gasteiger partial charge in [0.05, 0.1) is 17.0 Å². The maximum absolute atomic E-state index is 12.2. The van der Waals surface area contributed by atoms with Crippen LogP contribution in [0.25, 0.3) is 22.0 Å². The molecule has 0 amide bonds. The Hall–Kier alpha value is -5.79. The molecule has 2 aromatic heterocycles. The van der Waals surface area contributed by atoms with E-state index in [1.165, 1.54) is 36.4 Å². The van der Waals surface area contributed by atoms with Crippen LogP contribution in [0.5, 0.6) is 5.75 Å². The van der Waals surface area contributed by atoms with Crippen LogP contribution in [0.1, 0.15) is 83.8 Å². The van der Waals surface area contributed by atoms with Crippen LogP contribution in [0.4, 0.5) is 11.4 Å². The number of ether oxygens (including phenoxy) is 1. The van der Waals surface area contributed by atoms with E-state index in [-0.39, 0.29) is 40.3 Å². The van der Waals surface area contributed by atoms with Crippen molar-refractivity contribution in [3.8, 4) is 5.75 Å². The van der Waals surface area contributed by atoms with Crippen molar-refractivity contribution in [1.82, 2.24) is 10.3 Å². The molecule has 51 heavy (non-hydrogen) atoms. The molecule has 0 aliphatic heterocycles. The van der Waals surface area contributed by atoms with Crippen molar-refractivity contribution in [2.24, 2.45) is 10.8 Å². The van der Waals surface area contributed by atoms with Gasteiger partial charge in [0.15, 0.2) is 5.78 Å². The highest BCUT2D eigenvalue weighted by atomic mass is 16.6. The molecule has 270 valence electrons. The SMILES string of the molecule is CC(C)(C)C(=O)c1ccc([N+](=O)[O-])cc1.CC(C)(C)c1ccc([N+](=O)[O-])c2nonc12.COc1ccc2c(CC(=O)C(C)(C)C)cc(=O)oc2c1. The Morgan fingerprint density at radius 1 is 0.784 bits per heavy atom. The number of hydrogen-bond donors (Lipinski definition) is 0. The number of nitro benzene ring substituents is 2. The van der Waals surface area contributed by atoms with E-state index in [4.69, 9.17) is 9.15 Å². The van der Waals surface area contributed by atoms with Gasteiger partial charge in [-0.15, -0.1) is 0 Å². The molecule has 14 nitrogen and oxygen atoms in total. The Bertz CT molecular complexity index is 2130. The Morgan fingerprint density at radius 2 is 1.39 bits per heavy atom. The summed E-state index contributed by atoms with van der Waals surface area (Å²) >= 11 is 0. The number of nitro groups is 2. The third kappa shape index (κ3) is 10.1. The third-order valence-electron chi connectivity index (χ3n) is 7.65. The van der Waals surface area contributed by atoms with E-state index in [0.29, 0.717) is 28.0 Å². The summed E-state index contributed by atoms with van der Waals surface area (Å²) in [6, 6.07) is 15.4. The molecule has 0 spiro atoms. The van der Waals surface area contributed by atoms with Crippen LogP contribution >= 0.6 is 0 Å². The average Bonchev–Trinajstić information content (AvgIpc) is 3.52. The van der Waals surface area contributed by atoms with Gasteiger partial charge >= 0.3 is 11.3 Å². The van der Waals surface area contributed by atoms with Crippen LogP contribution in [0.15, 0.2) is 74.5 Å². The maximum atomic E-state index is 12.2. The predicted molar refractivity (Wildman–Crippen MR) is 191 cm³/mol. The minimum absolute atomic E-state index is 0.000425. The number of non-ortho nitro benzene ring substituents is 2. The molecule has 0 saturated carbocycles. The molecule has 0 atom stereocenters. The van der Waals surface area contributed by atoms with Gasteiger partial charge in [0.25, 0.3) is 5.69 Å². The van der Waals surface area contributed by atoms with Gasteiger partial charge in [0.2, 0.25) is 5.52 Å². The Morgan fingerprint density at radius 3 is 1.90 bits per heavy atom. The first-order chi connectivity index (χ1) is 23.5. The summed E-state index contributed by atoms with van der Waals surface area (Å²) in [6.45, 7) is 17.1. The Kier molecular flexibility index (Phi) is 12.0. The number of Topliss-reactive ketones (excluding diaryl/α,β-unsaturated/α-hetero) is 2. The Labute approximate surface area is 294 Å². The molecule has 14 heteroatoms. The first kappa shape index (κ1) is 39.6. The standard InChI is InChI=1S/C16H18O4.C11H13NO3.C10H11N3O3/c1-16(2,3)14(17)7-10-8-15(18)20-13-9-11(19-4)5-6-12(10)13;1-11(2,3)10(13)8-4-6-9(7-5-8)12(14)15;1-10(2,3)6-4-5-7(13(14)15)9-8(6)11-16-12-9/h5-6,8-9H,7H2,1-4H3;4-7H,1-3H3;4-5H,1-3H3.